The molecule has 1 aromatic carbocycles. The summed E-state index contributed by atoms with van der Waals surface area (Å²) in [6, 6.07) is 5.64. The van der Waals surface area contributed by atoms with Crippen LogP contribution in [0.4, 0.5) is 0 Å². The van der Waals surface area contributed by atoms with Gasteiger partial charge in [0.1, 0.15) is 17.7 Å². The molecule has 0 saturated heterocycles. The molecule has 0 aliphatic heterocycles. The summed E-state index contributed by atoms with van der Waals surface area (Å²) in [5.74, 6) is 0.599. The fraction of sp³-hybridized carbons (Fsp3) is 0.389. The van der Waals surface area contributed by atoms with E-state index in [0.29, 0.717) is 34.8 Å². The zero-order valence-corrected chi connectivity index (χ0v) is 13.5. The molecule has 24 heavy (non-hydrogen) atoms. The molecule has 0 atom stereocenters. The number of nitrogens with zero attached hydrogens (tertiary/aromatic N) is 2. The summed E-state index contributed by atoms with van der Waals surface area (Å²) in [7, 11) is 0. The molecule has 3 aromatic rings. The molecule has 6 nitrogen and oxygen atoms in total. The minimum atomic E-state index is -0.0506. The molecule has 1 aliphatic carbocycles. The average Bonchev–Trinajstić information content (AvgIpc) is 3.33. The SMILES string of the molecule is CCc1nc(-c2noc3ccc(C(=O)NC4CCCC4)cc23)co1. The zero-order chi connectivity index (χ0) is 16.5. The third kappa shape index (κ3) is 2.68. The van der Waals surface area contributed by atoms with Gasteiger partial charge in [-0.05, 0) is 31.0 Å². The van der Waals surface area contributed by atoms with E-state index in [4.69, 9.17) is 8.94 Å². The third-order valence-electron chi connectivity index (χ3n) is 4.52. The van der Waals surface area contributed by atoms with Crippen LogP contribution in [0.15, 0.2) is 33.4 Å². The normalized spacial score (nSPS) is 15.2. The van der Waals surface area contributed by atoms with Crippen molar-refractivity contribution in [3.8, 4) is 11.4 Å². The third-order valence-corrected chi connectivity index (χ3v) is 4.52. The van der Waals surface area contributed by atoms with Crippen molar-refractivity contribution in [3.05, 3.63) is 35.9 Å². The summed E-state index contributed by atoms with van der Waals surface area (Å²) in [4.78, 5) is 16.9. The van der Waals surface area contributed by atoms with Crippen molar-refractivity contribution in [2.75, 3.05) is 0 Å². The van der Waals surface area contributed by atoms with Gasteiger partial charge in [0.05, 0.1) is 5.39 Å². The van der Waals surface area contributed by atoms with Crippen LogP contribution in [-0.2, 0) is 6.42 Å². The van der Waals surface area contributed by atoms with E-state index in [9.17, 15) is 4.79 Å². The maximum Gasteiger partial charge on any atom is 0.251 e. The van der Waals surface area contributed by atoms with Gasteiger partial charge in [0.15, 0.2) is 11.5 Å². The van der Waals surface area contributed by atoms with Gasteiger partial charge in [-0.3, -0.25) is 4.79 Å². The first-order valence-corrected chi connectivity index (χ1v) is 8.39. The van der Waals surface area contributed by atoms with Gasteiger partial charge in [0, 0.05) is 18.0 Å². The van der Waals surface area contributed by atoms with Gasteiger partial charge in [-0.25, -0.2) is 4.98 Å². The fourth-order valence-electron chi connectivity index (χ4n) is 3.19. The monoisotopic (exact) mass is 325 g/mol. The van der Waals surface area contributed by atoms with E-state index >= 15 is 0 Å². The summed E-state index contributed by atoms with van der Waals surface area (Å²) in [5.41, 5.74) is 2.46. The largest absolute Gasteiger partial charge is 0.448 e. The zero-order valence-electron chi connectivity index (χ0n) is 13.5. The number of aryl methyl sites for hydroxylation is 1. The lowest BCUT2D eigenvalue weighted by Crippen LogP contribution is -2.32. The summed E-state index contributed by atoms with van der Waals surface area (Å²) in [6.45, 7) is 1.97. The van der Waals surface area contributed by atoms with E-state index in [1.807, 2.05) is 13.0 Å². The molecule has 0 radical (unpaired) electrons. The predicted molar refractivity (Wildman–Crippen MR) is 88.6 cm³/mol. The van der Waals surface area contributed by atoms with Gasteiger partial charge in [-0.15, -0.1) is 0 Å². The Hall–Kier alpha value is -2.63. The summed E-state index contributed by atoms with van der Waals surface area (Å²) in [6.07, 6.45) is 6.78. The molecule has 1 N–H and O–H groups in total. The van der Waals surface area contributed by atoms with Crippen molar-refractivity contribution in [2.24, 2.45) is 0 Å². The van der Waals surface area contributed by atoms with Crippen molar-refractivity contribution in [2.45, 2.75) is 45.1 Å². The molecular weight excluding hydrogens is 306 g/mol. The maximum atomic E-state index is 12.5. The number of oxazole rings is 1. The number of carbonyl (C=O) groups excluding carboxylic acids is 1. The van der Waals surface area contributed by atoms with Crippen molar-refractivity contribution >= 4 is 16.9 Å². The van der Waals surface area contributed by atoms with E-state index in [2.05, 4.69) is 15.5 Å². The van der Waals surface area contributed by atoms with E-state index in [1.165, 1.54) is 12.8 Å². The number of hydrogen-bond donors (Lipinski definition) is 1. The number of fused-ring (bicyclic) bond motifs is 1. The molecule has 2 heterocycles. The molecule has 1 aliphatic rings. The highest BCUT2D eigenvalue weighted by molar-refractivity contribution is 6.00. The Balaban J connectivity index is 1.66. The van der Waals surface area contributed by atoms with Crippen LogP contribution >= 0.6 is 0 Å². The average molecular weight is 325 g/mol. The van der Waals surface area contributed by atoms with E-state index in [1.54, 1.807) is 18.4 Å². The maximum absolute atomic E-state index is 12.5. The van der Waals surface area contributed by atoms with Crippen LogP contribution in [0.2, 0.25) is 0 Å². The molecule has 1 saturated carbocycles. The standard InChI is InChI=1S/C18H19N3O3/c1-2-16-20-14(10-23-16)17-13-9-11(7-8-15(13)24-21-17)18(22)19-12-5-3-4-6-12/h7-10,12H,2-6H2,1H3,(H,19,22). The van der Waals surface area contributed by atoms with E-state index in [0.717, 1.165) is 18.2 Å². The van der Waals surface area contributed by atoms with Crippen LogP contribution in [0.1, 0.15) is 48.9 Å². The number of benzene rings is 1. The molecular formula is C18H19N3O3. The number of amides is 1. The molecule has 6 heteroatoms. The quantitative estimate of drug-likeness (QED) is 0.790. The van der Waals surface area contributed by atoms with Gasteiger partial charge < -0.3 is 14.3 Å². The van der Waals surface area contributed by atoms with Gasteiger partial charge in [-0.1, -0.05) is 24.9 Å². The predicted octanol–water partition coefficient (Wildman–Crippen LogP) is 3.72. The Kier molecular flexibility index (Phi) is 3.80. The lowest BCUT2D eigenvalue weighted by molar-refractivity contribution is 0.0938. The van der Waals surface area contributed by atoms with Crippen LogP contribution in [-0.4, -0.2) is 22.1 Å². The number of aromatic nitrogens is 2. The fourth-order valence-corrected chi connectivity index (χ4v) is 3.19. The molecule has 0 unspecified atom stereocenters. The summed E-state index contributed by atoms with van der Waals surface area (Å²) >= 11 is 0. The van der Waals surface area contributed by atoms with Crippen molar-refractivity contribution in [1.29, 1.82) is 0 Å². The number of rotatable bonds is 4. The molecule has 0 spiro atoms. The lowest BCUT2D eigenvalue weighted by atomic mass is 10.1. The van der Waals surface area contributed by atoms with Crippen LogP contribution in [0.25, 0.3) is 22.4 Å². The van der Waals surface area contributed by atoms with Gasteiger partial charge in [0.2, 0.25) is 0 Å². The summed E-state index contributed by atoms with van der Waals surface area (Å²) < 4.78 is 10.7. The Bertz CT molecular complexity index is 875. The first kappa shape index (κ1) is 14.9. The van der Waals surface area contributed by atoms with Crippen molar-refractivity contribution in [3.63, 3.8) is 0 Å². The Labute approximate surface area is 139 Å². The van der Waals surface area contributed by atoms with Gasteiger partial charge in [-0.2, -0.15) is 0 Å². The molecule has 1 amide bonds. The topological polar surface area (TPSA) is 81.2 Å². The molecule has 0 bridgehead atoms. The smallest absolute Gasteiger partial charge is 0.251 e. The second-order valence-electron chi connectivity index (χ2n) is 6.18. The lowest BCUT2D eigenvalue weighted by Gasteiger charge is -2.11. The van der Waals surface area contributed by atoms with E-state index in [-0.39, 0.29) is 11.9 Å². The van der Waals surface area contributed by atoms with Gasteiger partial charge in [0.25, 0.3) is 5.91 Å². The van der Waals surface area contributed by atoms with E-state index < -0.39 is 0 Å². The second kappa shape index (κ2) is 6.11. The minimum Gasteiger partial charge on any atom is -0.448 e. The number of nitrogens with one attached hydrogen (secondary N) is 1. The van der Waals surface area contributed by atoms with Crippen LogP contribution in [0.3, 0.4) is 0 Å². The molecule has 1 fully saturated rings. The molecule has 4 rings (SSSR count). The highest BCUT2D eigenvalue weighted by atomic mass is 16.5. The minimum absolute atomic E-state index is 0.0506. The van der Waals surface area contributed by atoms with Crippen LogP contribution in [0.5, 0.6) is 0 Å². The second-order valence-corrected chi connectivity index (χ2v) is 6.18. The van der Waals surface area contributed by atoms with Crippen LogP contribution < -0.4 is 5.32 Å². The van der Waals surface area contributed by atoms with Crippen molar-refractivity contribution < 1.29 is 13.7 Å². The Morgan fingerprint density at radius 3 is 2.92 bits per heavy atom. The molecule has 124 valence electrons. The highest BCUT2D eigenvalue weighted by Crippen LogP contribution is 2.28. The first-order valence-electron chi connectivity index (χ1n) is 8.39. The van der Waals surface area contributed by atoms with Crippen molar-refractivity contribution in [1.82, 2.24) is 15.5 Å². The number of hydrogen-bond acceptors (Lipinski definition) is 5. The first-order chi connectivity index (χ1) is 11.7. The highest BCUT2D eigenvalue weighted by Gasteiger charge is 2.20. The van der Waals surface area contributed by atoms with Gasteiger partial charge >= 0.3 is 0 Å². The molecule has 2 aromatic heterocycles. The Morgan fingerprint density at radius 2 is 2.17 bits per heavy atom. The summed E-state index contributed by atoms with van der Waals surface area (Å²) in [5, 5.41) is 7.96. The van der Waals surface area contributed by atoms with Crippen LogP contribution in [0, 0.1) is 0 Å². The number of carbonyl (C=O) groups is 1. The Morgan fingerprint density at radius 1 is 1.33 bits per heavy atom.